The summed E-state index contributed by atoms with van der Waals surface area (Å²) in [4.78, 5) is 2.67. The lowest BCUT2D eigenvalue weighted by Gasteiger charge is -2.35. The first-order valence-corrected chi connectivity index (χ1v) is 7.87. The predicted molar refractivity (Wildman–Crippen MR) is 81.8 cm³/mol. The van der Waals surface area contributed by atoms with Crippen LogP contribution in [0.2, 0.25) is 0 Å². The maximum atomic E-state index is 3.57. The molecule has 1 saturated heterocycles. The summed E-state index contributed by atoms with van der Waals surface area (Å²) in [5.74, 6) is 0. The molecule has 2 heteroatoms. The molecule has 2 nitrogen and oxygen atoms in total. The van der Waals surface area contributed by atoms with Crippen molar-refractivity contribution < 1.29 is 0 Å². The van der Waals surface area contributed by atoms with Gasteiger partial charge in [0.2, 0.25) is 0 Å². The van der Waals surface area contributed by atoms with Crippen molar-refractivity contribution in [2.75, 3.05) is 31.1 Å². The van der Waals surface area contributed by atoms with Crippen molar-refractivity contribution in [1.29, 1.82) is 0 Å². The van der Waals surface area contributed by atoms with Gasteiger partial charge in [-0.05, 0) is 50.3 Å². The number of anilines is 1. The number of hydrogen-bond acceptors (Lipinski definition) is 2. The number of hydrogen-bond donors (Lipinski definition) is 1. The van der Waals surface area contributed by atoms with Gasteiger partial charge in [0.1, 0.15) is 0 Å². The van der Waals surface area contributed by atoms with Gasteiger partial charge >= 0.3 is 0 Å². The summed E-state index contributed by atoms with van der Waals surface area (Å²) in [6.45, 7) is 7.22. The van der Waals surface area contributed by atoms with Crippen LogP contribution in [0.4, 0.5) is 5.69 Å². The van der Waals surface area contributed by atoms with Crippen LogP contribution in [-0.4, -0.2) is 26.2 Å². The number of fused-ring (bicyclic) bond motifs is 1. The molecule has 0 aliphatic carbocycles. The van der Waals surface area contributed by atoms with Crippen molar-refractivity contribution in [2.45, 2.75) is 39.0 Å². The summed E-state index contributed by atoms with van der Waals surface area (Å²) in [6.07, 6.45) is 6.55. The van der Waals surface area contributed by atoms with Gasteiger partial charge < -0.3 is 10.2 Å². The van der Waals surface area contributed by atoms with E-state index in [-0.39, 0.29) is 0 Å². The molecule has 104 valence electrons. The second kappa shape index (κ2) is 5.54. The Kier molecular flexibility index (Phi) is 3.79. The Bertz CT molecular complexity index is 421. The Morgan fingerprint density at radius 3 is 2.95 bits per heavy atom. The Balaban J connectivity index is 1.84. The molecule has 0 saturated carbocycles. The van der Waals surface area contributed by atoms with Crippen LogP contribution in [0.5, 0.6) is 0 Å². The van der Waals surface area contributed by atoms with E-state index in [2.05, 4.69) is 41.4 Å². The largest absolute Gasteiger partial charge is 0.371 e. The highest BCUT2D eigenvalue weighted by molar-refractivity contribution is 5.54. The molecule has 1 aromatic carbocycles. The average molecular weight is 258 g/mol. The summed E-state index contributed by atoms with van der Waals surface area (Å²) in [5.41, 5.74) is 3.55. The fraction of sp³-hybridized carbons (Fsp3) is 0.647. The minimum atomic E-state index is 0.497. The number of nitrogens with zero attached hydrogens (tertiary/aromatic N) is 1. The molecule has 3 rings (SSSR count). The number of aryl methyl sites for hydroxylation is 1. The topological polar surface area (TPSA) is 15.3 Å². The van der Waals surface area contributed by atoms with Crippen molar-refractivity contribution in [3.63, 3.8) is 0 Å². The molecule has 2 aliphatic rings. The maximum Gasteiger partial charge on any atom is 0.0398 e. The molecule has 0 aromatic heterocycles. The van der Waals surface area contributed by atoms with Crippen LogP contribution in [0.3, 0.4) is 0 Å². The zero-order chi connectivity index (χ0) is 13.1. The average Bonchev–Trinajstić information content (AvgIpc) is 2.83. The van der Waals surface area contributed by atoms with Gasteiger partial charge in [-0.3, -0.25) is 0 Å². The third-order valence-electron chi connectivity index (χ3n) is 5.06. The monoisotopic (exact) mass is 258 g/mol. The minimum Gasteiger partial charge on any atom is -0.371 e. The van der Waals surface area contributed by atoms with Crippen molar-refractivity contribution in [3.8, 4) is 0 Å². The first-order valence-electron chi connectivity index (χ1n) is 7.87. The molecule has 0 bridgehead atoms. The van der Waals surface area contributed by atoms with E-state index < -0.39 is 0 Å². The van der Waals surface area contributed by atoms with Gasteiger partial charge in [-0.2, -0.15) is 0 Å². The smallest absolute Gasteiger partial charge is 0.0398 e. The molecule has 1 N–H and O–H groups in total. The molecule has 1 unspecified atom stereocenters. The molecule has 2 aliphatic heterocycles. The SMILES string of the molecule is CCC1(CN2CCCCc3ccccc32)CCNC1. The Labute approximate surface area is 117 Å². The summed E-state index contributed by atoms with van der Waals surface area (Å²) < 4.78 is 0. The molecule has 0 spiro atoms. The molecule has 0 radical (unpaired) electrons. The van der Waals surface area contributed by atoms with Gasteiger partial charge in [-0.25, -0.2) is 0 Å². The van der Waals surface area contributed by atoms with Crippen LogP contribution in [0.1, 0.15) is 38.2 Å². The summed E-state index contributed by atoms with van der Waals surface area (Å²) in [6, 6.07) is 9.03. The minimum absolute atomic E-state index is 0.497. The van der Waals surface area contributed by atoms with E-state index in [1.165, 1.54) is 64.0 Å². The highest BCUT2D eigenvalue weighted by Gasteiger charge is 2.34. The zero-order valence-electron chi connectivity index (χ0n) is 12.1. The summed E-state index contributed by atoms with van der Waals surface area (Å²) >= 11 is 0. The second-order valence-corrected chi connectivity index (χ2v) is 6.29. The highest BCUT2D eigenvalue weighted by atomic mass is 15.1. The quantitative estimate of drug-likeness (QED) is 0.895. The Morgan fingerprint density at radius 2 is 2.16 bits per heavy atom. The molecule has 0 amide bonds. The van der Waals surface area contributed by atoms with Crippen molar-refractivity contribution in [2.24, 2.45) is 5.41 Å². The van der Waals surface area contributed by atoms with Gasteiger partial charge in [0.15, 0.2) is 0 Å². The molecule has 1 atom stereocenters. The Morgan fingerprint density at radius 1 is 1.26 bits per heavy atom. The van der Waals surface area contributed by atoms with Gasteiger partial charge in [-0.15, -0.1) is 0 Å². The predicted octanol–water partition coefficient (Wildman–Crippen LogP) is 3.22. The van der Waals surface area contributed by atoms with Crippen molar-refractivity contribution in [1.82, 2.24) is 5.32 Å². The van der Waals surface area contributed by atoms with Crippen LogP contribution < -0.4 is 10.2 Å². The van der Waals surface area contributed by atoms with E-state index in [0.717, 1.165) is 0 Å². The lowest BCUT2D eigenvalue weighted by molar-refractivity contribution is 0.312. The lowest BCUT2D eigenvalue weighted by Crippen LogP contribution is -2.39. The van der Waals surface area contributed by atoms with Gasteiger partial charge in [-0.1, -0.05) is 25.1 Å². The first kappa shape index (κ1) is 13.0. The van der Waals surface area contributed by atoms with E-state index in [0.29, 0.717) is 5.41 Å². The third kappa shape index (κ3) is 2.64. The molecule has 1 aromatic rings. The maximum absolute atomic E-state index is 3.57. The van der Waals surface area contributed by atoms with E-state index in [4.69, 9.17) is 0 Å². The molecular weight excluding hydrogens is 232 g/mol. The van der Waals surface area contributed by atoms with Crippen LogP contribution in [0, 0.1) is 5.41 Å². The Hall–Kier alpha value is -1.02. The number of para-hydroxylation sites is 1. The van der Waals surface area contributed by atoms with Crippen molar-refractivity contribution in [3.05, 3.63) is 29.8 Å². The normalized spacial score (nSPS) is 27.1. The molecule has 19 heavy (non-hydrogen) atoms. The number of rotatable bonds is 3. The van der Waals surface area contributed by atoms with Gasteiger partial charge in [0.25, 0.3) is 0 Å². The summed E-state index contributed by atoms with van der Waals surface area (Å²) in [7, 11) is 0. The third-order valence-corrected chi connectivity index (χ3v) is 5.06. The molecule has 2 heterocycles. The zero-order valence-corrected chi connectivity index (χ0v) is 12.1. The number of nitrogens with one attached hydrogen (secondary N) is 1. The van der Waals surface area contributed by atoms with E-state index in [1.54, 1.807) is 5.56 Å². The van der Waals surface area contributed by atoms with E-state index in [9.17, 15) is 0 Å². The first-order chi connectivity index (χ1) is 9.33. The van der Waals surface area contributed by atoms with Crippen LogP contribution in [-0.2, 0) is 6.42 Å². The standard InChI is InChI=1S/C17H26N2/c1-2-17(10-11-18-13-17)14-19-12-6-5-8-15-7-3-4-9-16(15)19/h3-4,7,9,18H,2,5-6,8,10-14H2,1H3. The fourth-order valence-electron chi connectivity index (χ4n) is 3.68. The second-order valence-electron chi connectivity index (χ2n) is 6.29. The van der Waals surface area contributed by atoms with Crippen LogP contribution in [0.25, 0.3) is 0 Å². The highest BCUT2D eigenvalue weighted by Crippen LogP contribution is 2.34. The van der Waals surface area contributed by atoms with Crippen molar-refractivity contribution >= 4 is 5.69 Å². The number of benzene rings is 1. The lowest BCUT2D eigenvalue weighted by atomic mass is 9.83. The van der Waals surface area contributed by atoms with E-state index >= 15 is 0 Å². The van der Waals surface area contributed by atoms with Crippen LogP contribution in [0.15, 0.2) is 24.3 Å². The molecule has 1 fully saturated rings. The molecular formula is C17H26N2. The summed E-state index contributed by atoms with van der Waals surface area (Å²) in [5, 5.41) is 3.57. The fourth-order valence-corrected chi connectivity index (χ4v) is 3.68. The van der Waals surface area contributed by atoms with Crippen LogP contribution >= 0.6 is 0 Å². The van der Waals surface area contributed by atoms with Gasteiger partial charge in [0.05, 0.1) is 0 Å². The van der Waals surface area contributed by atoms with E-state index in [1.807, 2.05) is 0 Å². The van der Waals surface area contributed by atoms with Gasteiger partial charge in [0, 0.05) is 30.7 Å².